The predicted molar refractivity (Wildman–Crippen MR) is 120 cm³/mol. The number of ether oxygens (including phenoxy) is 2. The monoisotopic (exact) mass is 443 g/mol. The summed E-state index contributed by atoms with van der Waals surface area (Å²) in [4.78, 5) is 12.6. The Morgan fingerprint density at radius 3 is 2.87 bits per heavy atom. The summed E-state index contributed by atoms with van der Waals surface area (Å²) in [6, 6.07) is 13.6. The van der Waals surface area contributed by atoms with Gasteiger partial charge in [-0.3, -0.25) is 4.79 Å². The Morgan fingerprint density at radius 2 is 2.07 bits per heavy atom. The summed E-state index contributed by atoms with van der Waals surface area (Å²) in [6.45, 7) is 4.56. The van der Waals surface area contributed by atoms with Gasteiger partial charge in [0.2, 0.25) is 5.91 Å². The molecule has 2 heterocycles. The minimum absolute atomic E-state index is 0.0704. The topological polar surface area (TPSA) is 65.4 Å². The van der Waals surface area contributed by atoms with E-state index in [1.165, 1.54) is 11.8 Å². The molecule has 30 heavy (non-hydrogen) atoms. The Kier molecular flexibility index (Phi) is 6.32. The number of para-hydroxylation sites is 1. The smallest absolute Gasteiger partial charge is 0.234 e. The zero-order chi connectivity index (χ0) is 21.1. The first-order valence-electron chi connectivity index (χ1n) is 9.54. The maximum atomic E-state index is 12.6. The normalized spacial score (nSPS) is 12.9. The second-order valence-corrected chi connectivity index (χ2v) is 8.42. The molecule has 0 fully saturated rings. The molecule has 0 saturated carbocycles. The molecule has 0 aliphatic carbocycles. The Hall–Kier alpha value is -2.48. The van der Waals surface area contributed by atoms with Crippen LogP contribution in [0.4, 0.5) is 5.69 Å². The van der Waals surface area contributed by atoms with E-state index in [1.54, 1.807) is 0 Å². The van der Waals surface area contributed by atoms with Crippen molar-refractivity contribution in [1.82, 2.24) is 9.78 Å². The molecule has 1 aliphatic heterocycles. The summed E-state index contributed by atoms with van der Waals surface area (Å²) in [7, 11) is 0. The highest BCUT2D eigenvalue weighted by Crippen LogP contribution is 2.34. The van der Waals surface area contributed by atoms with Crippen molar-refractivity contribution in [2.24, 2.45) is 0 Å². The van der Waals surface area contributed by atoms with Gasteiger partial charge in [-0.1, -0.05) is 29.8 Å². The van der Waals surface area contributed by atoms with E-state index in [0.29, 0.717) is 23.1 Å². The van der Waals surface area contributed by atoms with Gasteiger partial charge in [-0.15, -0.1) is 11.8 Å². The number of rotatable bonds is 6. The number of halogens is 1. The number of hydrogen-bond donors (Lipinski definition) is 1. The van der Waals surface area contributed by atoms with E-state index < -0.39 is 0 Å². The van der Waals surface area contributed by atoms with Gasteiger partial charge in [-0.2, -0.15) is 5.10 Å². The number of nitrogens with zero attached hydrogens (tertiary/aromatic N) is 2. The Balaban J connectivity index is 1.40. The third kappa shape index (κ3) is 4.48. The molecule has 156 valence electrons. The Labute approximate surface area is 184 Å². The largest absolute Gasteiger partial charge is 0.467 e. The molecule has 0 saturated heterocycles. The second kappa shape index (κ2) is 9.12. The standard InChI is InChI=1S/C22H22ClN3O3S/c1-14-21(15(2)26(25-14)19-6-4-3-5-7-19)24-20(27)12-30-11-17-9-18(23)8-16-10-28-13-29-22(16)17/h3-9H,10-13H2,1-2H3,(H,24,27). The number of fused-ring (bicyclic) bond motifs is 1. The van der Waals surface area contributed by atoms with Gasteiger partial charge in [0.25, 0.3) is 0 Å². The Bertz CT molecular complexity index is 1070. The van der Waals surface area contributed by atoms with Crippen LogP contribution < -0.4 is 10.1 Å². The fourth-order valence-corrected chi connectivity index (χ4v) is 4.49. The van der Waals surface area contributed by atoms with Crippen molar-refractivity contribution in [3.05, 3.63) is 70.0 Å². The summed E-state index contributed by atoms with van der Waals surface area (Å²) in [5.74, 6) is 1.68. The Morgan fingerprint density at radius 1 is 1.27 bits per heavy atom. The number of nitrogens with one attached hydrogen (secondary N) is 1. The number of benzene rings is 2. The third-order valence-corrected chi connectivity index (χ3v) is 6.00. The number of carbonyl (C=O) groups excluding carboxylic acids is 1. The van der Waals surface area contributed by atoms with Gasteiger partial charge in [0.15, 0.2) is 6.79 Å². The SMILES string of the molecule is Cc1nn(-c2ccccc2)c(C)c1NC(=O)CSCc1cc(Cl)cc2c1OCOC2. The molecule has 0 spiro atoms. The molecule has 1 N–H and O–H groups in total. The minimum atomic E-state index is -0.0704. The van der Waals surface area contributed by atoms with E-state index in [1.807, 2.05) is 61.0 Å². The number of thioether (sulfide) groups is 1. The summed E-state index contributed by atoms with van der Waals surface area (Å²) in [6.07, 6.45) is 0. The van der Waals surface area contributed by atoms with Gasteiger partial charge in [-0.25, -0.2) is 4.68 Å². The average molecular weight is 444 g/mol. The summed E-state index contributed by atoms with van der Waals surface area (Å²) >= 11 is 7.72. The van der Waals surface area contributed by atoms with Crippen molar-refractivity contribution in [1.29, 1.82) is 0 Å². The molecule has 1 amide bonds. The molecular weight excluding hydrogens is 422 g/mol. The average Bonchev–Trinajstić information content (AvgIpc) is 3.02. The van der Waals surface area contributed by atoms with E-state index >= 15 is 0 Å². The van der Waals surface area contributed by atoms with E-state index in [9.17, 15) is 4.79 Å². The summed E-state index contributed by atoms with van der Waals surface area (Å²) in [5.41, 5.74) is 5.31. The van der Waals surface area contributed by atoms with Gasteiger partial charge in [0.05, 0.1) is 35.1 Å². The van der Waals surface area contributed by atoms with Gasteiger partial charge in [0.1, 0.15) is 5.75 Å². The molecule has 0 bridgehead atoms. The van der Waals surface area contributed by atoms with Gasteiger partial charge in [0, 0.05) is 21.9 Å². The van der Waals surface area contributed by atoms with Crippen molar-refractivity contribution < 1.29 is 14.3 Å². The molecule has 8 heteroatoms. The van der Waals surface area contributed by atoms with Crippen LogP contribution in [0.15, 0.2) is 42.5 Å². The zero-order valence-electron chi connectivity index (χ0n) is 16.8. The maximum absolute atomic E-state index is 12.6. The first kappa shape index (κ1) is 20.8. The lowest BCUT2D eigenvalue weighted by atomic mass is 10.1. The van der Waals surface area contributed by atoms with Crippen LogP contribution in [0.25, 0.3) is 5.69 Å². The summed E-state index contributed by atoms with van der Waals surface area (Å²) < 4.78 is 12.8. The maximum Gasteiger partial charge on any atom is 0.234 e. The third-order valence-electron chi connectivity index (χ3n) is 4.80. The molecule has 1 aliphatic rings. The molecule has 1 aromatic heterocycles. The predicted octanol–water partition coefficient (Wildman–Crippen LogP) is 4.88. The number of anilines is 1. The fourth-order valence-electron chi connectivity index (χ4n) is 3.44. The first-order chi connectivity index (χ1) is 14.5. The molecule has 2 aromatic carbocycles. The highest BCUT2D eigenvalue weighted by Gasteiger charge is 2.18. The summed E-state index contributed by atoms with van der Waals surface area (Å²) in [5, 5.41) is 8.22. The van der Waals surface area contributed by atoms with Crippen LogP contribution in [0.3, 0.4) is 0 Å². The van der Waals surface area contributed by atoms with Crippen molar-refractivity contribution >= 4 is 35.0 Å². The lowest BCUT2D eigenvalue weighted by Crippen LogP contribution is -2.16. The van der Waals surface area contributed by atoms with E-state index in [0.717, 1.165) is 39.6 Å². The lowest BCUT2D eigenvalue weighted by Gasteiger charge is -2.21. The molecule has 0 unspecified atom stereocenters. The highest BCUT2D eigenvalue weighted by atomic mass is 35.5. The highest BCUT2D eigenvalue weighted by molar-refractivity contribution is 7.99. The van der Waals surface area contributed by atoms with E-state index in [2.05, 4.69) is 10.4 Å². The molecule has 0 atom stereocenters. The van der Waals surface area contributed by atoms with Crippen LogP contribution >= 0.6 is 23.4 Å². The number of amides is 1. The molecule has 3 aromatic rings. The van der Waals surface area contributed by atoms with Crippen LogP contribution in [0.1, 0.15) is 22.5 Å². The van der Waals surface area contributed by atoms with Crippen LogP contribution in [-0.2, 0) is 21.9 Å². The number of aromatic nitrogens is 2. The lowest BCUT2D eigenvalue weighted by molar-refractivity contribution is -0.113. The van der Waals surface area contributed by atoms with Gasteiger partial charge in [-0.05, 0) is 38.1 Å². The zero-order valence-corrected chi connectivity index (χ0v) is 18.3. The molecule has 4 rings (SSSR count). The van der Waals surface area contributed by atoms with Crippen molar-refractivity contribution in [2.75, 3.05) is 17.9 Å². The van der Waals surface area contributed by atoms with Crippen LogP contribution in [0, 0.1) is 13.8 Å². The van der Waals surface area contributed by atoms with Crippen LogP contribution in [-0.4, -0.2) is 28.2 Å². The quantitative estimate of drug-likeness (QED) is 0.588. The van der Waals surface area contributed by atoms with E-state index in [4.69, 9.17) is 21.1 Å². The number of hydrogen-bond acceptors (Lipinski definition) is 5. The molecular formula is C22H22ClN3O3S. The van der Waals surface area contributed by atoms with Crippen molar-refractivity contribution in [2.45, 2.75) is 26.2 Å². The second-order valence-electron chi connectivity index (χ2n) is 7.00. The fraction of sp³-hybridized carbons (Fsp3) is 0.273. The van der Waals surface area contributed by atoms with Gasteiger partial charge < -0.3 is 14.8 Å². The van der Waals surface area contributed by atoms with Crippen molar-refractivity contribution in [3.8, 4) is 11.4 Å². The van der Waals surface area contributed by atoms with Crippen LogP contribution in [0.2, 0.25) is 5.02 Å². The van der Waals surface area contributed by atoms with Crippen molar-refractivity contribution in [3.63, 3.8) is 0 Å². The molecule has 6 nitrogen and oxygen atoms in total. The first-order valence-corrected chi connectivity index (χ1v) is 11.1. The number of aryl methyl sites for hydroxylation is 1. The minimum Gasteiger partial charge on any atom is -0.467 e. The van der Waals surface area contributed by atoms with E-state index in [-0.39, 0.29) is 12.7 Å². The molecule has 0 radical (unpaired) electrons. The van der Waals surface area contributed by atoms with Gasteiger partial charge >= 0.3 is 0 Å². The number of carbonyl (C=O) groups is 1. The van der Waals surface area contributed by atoms with Crippen LogP contribution in [0.5, 0.6) is 5.75 Å².